The highest BCUT2D eigenvalue weighted by atomic mass is 16.5. The number of nitrogens with zero attached hydrogens (tertiary/aromatic N) is 1. The molecule has 5 fully saturated rings. The van der Waals surface area contributed by atoms with Crippen molar-refractivity contribution >= 4 is 5.91 Å². The van der Waals surface area contributed by atoms with Crippen LogP contribution in [0.15, 0.2) is 0 Å². The fourth-order valence-electron chi connectivity index (χ4n) is 5.76. The van der Waals surface area contributed by atoms with Gasteiger partial charge >= 0.3 is 0 Å². The van der Waals surface area contributed by atoms with E-state index in [1.165, 1.54) is 38.5 Å². The number of rotatable bonds is 3. The van der Waals surface area contributed by atoms with Gasteiger partial charge in [-0.05, 0) is 63.2 Å². The second-order valence-electron chi connectivity index (χ2n) is 8.01. The van der Waals surface area contributed by atoms with Gasteiger partial charge in [0.25, 0.3) is 0 Å². The van der Waals surface area contributed by atoms with E-state index in [9.17, 15) is 4.79 Å². The van der Waals surface area contributed by atoms with E-state index in [1.54, 1.807) is 0 Å². The number of nitrogens with one attached hydrogen (secondary N) is 1. The van der Waals surface area contributed by atoms with Gasteiger partial charge in [-0.1, -0.05) is 0 Å². The molecule has 1 saturated heterocycles. The molecule has 118 valence electrons. The molecule has 0 aromatic carbocycles. The van der Waals surface area contributed by atoms with Crippen LogP contribution in [0, 0.1) is 17.8 Å². The van der Waals surface area contributed by atoms with Crippen LogP contribution in [0.3, 0.4) is 0 Å². The Balaban J connectivity index is 1.42. The highest BCUT2D eigenvalue weighted by Gasteiger charge is 2.51. The third-order valence-electron chi connectivity index (χ3n) is 6.40. The third kappa shape index (κ3) is 2.61. The first kappa shape index (κ1) is 14.0. The number of carbonyl (C=O) groups excluding carboxylic acids is 1. The first-order valence-electron chi connectivity index (χ1n) is 8.77. The zero-order chi connectivity index (χ0) is 14.4. The van der Waals surface area contributed by atoms with E-state index in [2.05, 4.69) is 17.1 Å². The Labute approximate surface area is 127 Å². The molecule has 4 heteroatoms. The van der Waals surface area contributed by atoms with Crippen molar-refractivity contribution < 1.29 is 9.53 Å². The van der Waals surface area contributed by atoms with E-state index in [1.807, 2.05) is 0 Å². The Kier molecular flexibility index (Phi) is 3.49. The summed E-state index contributed by atoms with van der Waals surface area (Å²) in [5.41, 5.74) is 0.145. The lowest BCUT2D eigenvalue weighted by atomic mass is 9.53. The smallest absolute Gasteiger partial charge is 0.237 e. The predicted octanol–water partition coefficient (Wildman–Crippen LogP) is 1.79. The molecule has 1 amide bonds. The normalized spacial score (nSPS) is 43.8. The summed E-state index contributed by atoms with van der Waals surface area (Å²) in [5.74, 6) is 2.90. The van der Waals surface area contributed by atoms with Crippen LogP contribution in [-0.4, -0.2) is 48.7 Å². The maximum absolute atomic E-state index is 12.7. The molecule has 4 aliphatic carbocycles. The lowest BCUT2D eigenvalue weighted by Gasteiger charge is -2.57. The lowest BCUT2D eigenvalue weighted by molar-refractivity contribution is -0.133. The molecule has 5 aliphatic rings. The molecule has 0 aromatic rings. The van der Waals surface area contributed by atoms with Crippen molar-refractivity contribution in [3.8, 4) is 0 Å². The largest absolute Gasteiger partial charge is 0.379 e. The third-order valence-corrected chi connectivity index (χ3v) is 6.40. The molecule has 4 nitrogen and oxygen atoms in total. The highest BCUT2D eigenvalue weighted by molar-refractivity contribution is 5.82. The van der Waals surface area contributed by atoms with Gasteiger partial charge < -0.3 is 10.1 Å². The minimum Gasteiger partial charge on any atom is -0.379 e. The molecule has 4 bridgehead atoms. The number of hydrogen-bond acceptors (Lipinski definition) is 3. The average molecular weight is 292 g/mol. The van der Waals surface area contributed by atoms with E-state index in [-0.39, 0.29) is 17.5 Å². The summed E-state index contributed by atoms with van der Waals surface area (Å²) in [6, 6.07) is -0.0121. The maximum Gasteiger partial charge on any atom is 0.237 e. The van der Waals surface area contributed by atoms with E-state index in [0.717, 1.165) is 44.1 Å². The van der Waals surface area contributed by atoms with Crippen LogP contribution in [-0.2, 0) is 9.53 Å². The van der Waals surface area contributed by atoms with Crippen LogP contribution in [0.5, 0.6) is 0 Å². The van der Waals surface area contributed by atoms with E-state index in [4.69, 9.17) is 4.74 Å². The number of ether oxygens (including phenoxy) is 1. The molecule has 21 heavy (non-hydrogen) atoms. The summed E-state index contributed by atoms with van der Waals surface area (Å²) in [6.45, 7) is 5.34. The van der Waals surface area contributed by atoms with Gasteiger partial charge in [0, 0.05) is 18.6 Å². The monoisotopic (exact) mass is 292 g/mol. The number of hydrogen-bond donors (Lipinski definition) is 1. The Morgan fingerprint density at radius 3 is 2.14 bits per heavy atom. The number of amides is 1. The molecule has 1 aliphatic heterocycles. The van der Waals surface area contributed by atoms with Crippen molar-refractivity contribution in [2.45, 2.75) is 57.0 Å². The van der Waals surface area contributed by atoms with Crippen molar-refractivity contribution in [2.75, 3.05) is 26.3 Å². The zero-order valence-electron chi connectivity index (χ0n) is 13.1. The SMILES string of the molecule is C[C@@H](C(=O)NC12CC3CC(CC(C3)C1)C2)N1CCOCC1. The zero-order valence-corrected chi connectivity index (χ0v) is 13.1. The van der Waals surface area contributed by atoms with Crippen molar-refractivity contribution in [2.24, 2.45) is 17.8 Å². The van der Waals surface area contributed by atoms with Crippen LogP contribution in [0.25, 0.3) is 0 Å². The van der Waals surface area contributed by atoms with Crippen molar-refractivity contribution in [1.29, 1.82) is 0 Å². The molecule has 5 rings (SSSR count). The Bertz CT molecular complexity index is 382. The number of carbonyl (C=O) groups is 1. The van der Waals surface area contributed by atoms with E-state index in [0.29, 0.717) is 0 Å². The van der Waals surface area contributed by atoms with Gasteiger partial charge in [0.15, 0.2) is 0 Å². The Hall–Kier alpha value is -0.610. The summed E-state index contributed by atoms with van der Waals surface area (Å²) in [4.78, 5) is 15.0. The summed E-state index contributed by atoms with van der Waals surface area (Å²) in [6.07, 6.45) is 7.98. The molecule has 0 spiro atoms. The first-order valence-corrected chi connectivity index (χ1v) is 8.77. The summed E-state index contributed by atoms with van der Waals surface area (Å²) >= 11 is 0. The van der Waals surface area contributed by atoms with Gasteiger partial charge in [-0.25, -0.2) is 0 Å². The number of morpholine rings is 1. The van der Waals surface area contributed by atoms with Crippen molar-refractivity contribution in [1.82, 2.24) is 10.2 Å². The van der Waals surface area contributed by atoms with E-state index >= 15 is 0 Å². The van der Waals surface area contributed by atoms with Crippen LogP contribution in [0.1, 0.15) is 45.4 Å². The lowest BCUT2D eigenvalue weighted by Crippen LogP contribution is -2.62. The van der Waals surface area contributed by atoms with Gasteiger partial charge in [0.05, 0.1) is 19.3 Å². The minimum absolute atomic E-state index is 0.0121. The second kappa shape index (κ2) is 5.24. The molecule has 0 radical (unpaired) electrons. The highest BCUT2D eigenvalue weighted by Crippen LogP contribution is 2.55. The van der Waals surface area contributed by atoms with Crippen LogP contribution >= 0.6 is 0 Å². The van der Waals surface area contributed by atoms with Crippen molar-refractivity contribution in [3.05, 3.63) is 0 Å². The Morgan fingerprint density at radius 1 is 1.10 bits per heavy atom. The fraction of sp³-hybridized carbons (Fsp3) is 0.941. The molecule has 0 aromatic heterocycles. The van der Waals surface area contributed by atoms with Crippen LogP contribution in [0.2, 0.25) is 0 Å². The van der Waals surface area contributed by atoms with Gasteiger partial charge in [-0.15, -0.1) is 0 Å². The molecule has 4 saturated carbocycles. The topological polar surface area (TPSA) is 41.6 Å². The quantitative estimate of drug-likeness (QED) is 0.862. The van der Waals surface area contributed by atoms with Gasteiger partial charge in [-0.2, -0.15) is 0 Å². The minimum atomic E-state index is -0.0121. The predicted molar refractivity (Wildman–Crippen MR) is 80.9 cm³/mol. The molecule has 1 N–H and O–H groups in total. The van der Waals surface area contributed by atoms with Crippen molar-refractivity contribution in [3.63, 3.8) is 0 Å². The van der Waals surface area contributed by atoms with Crippen LogP contribution < -0.4 is 5.32 Å². The fourth-order valence-corrected chi connectivity index (χ4v) is 5.76. The van der Waals surface area contributed by atoms with Gasteiger partial charge in [0.1, 0.15) is 0 Å². The maximum atomic E-state index is 12.7. The molecule has 0 unspecified atom stereocenters. The standard InChI is InChI=1S/C17H28N2O2/c1-12(19-2-4-21-5-3-19)16(20)18-17-9-13-6-14(10-17)8-15(7-13)11-17/h12-15H,2-11H2,1H3,(H,18,20)/t12-,13?,14?,15?,17?/m0/s1. The first-order chi connectivity index (χ1) is 10.1. The second-order valence-corrected chi connectivity index (χ2v) is 8.01. The van der Waals surface area contributed by atoms with E-state index < -0.39 is 0 Å². The van der Waals surface area contributed by atoms with Crippen LogP contribution in [0.4, 0.5) is 0 Å². The molecular weight excluding hydrogens is 264 g/mol. The molecule has 1 atom stereocenters. The molecular formula is C17H28N2O2. The summed E-state index contributed by atoms with van der Waals surface area (Å²) in [5, 5.41) is 3.50. The van der Waals surface area contributed by atoms with Gasteiger partial charge in [-0.3, -0.25) is 9.69 Å². The van der Waals surface area contributed by atoms with Gasteiger partial charge in [0.2, 0.25) is 5.91 Å². The summed E-state index contributed by atoms with van der Waals surface area (Å²) < 4.78 is 5.39. The molecule has 1 heterocycles. The average Bonchev–Trinajstić information content (AvgIpc) is 2.45. The summed E-state index contributed by atoms with van der Waals surface area (Å²) in [7, 11) is 0. The Morgan fingerprint density at radius 2 is 1.62 bits per heavy atom.